The molecule has 0 unspecified atom stereocenters. The van der Waals surface area contributed by atoms with Gasteiger partial charge < -0.3 is 10.0 Å². The van der Waals surface area contributed by atoms with Crippen LogP contribution in [0.1, 0.15) is 25.7 Å². The minimum Gasteiger partial charge on any atom is -0.481 e. The quantitative estimate of drug-likeness (QED) is 0.634. The largest absolute Gasteiger partial charge is 0.481 e. The minimum atomic E-state index is -1.11. The molecule has 1 amide bonds. The van der Waals surface area contributed by atoms with Crippen LogP contribution in [0.4, 0.5) is 0 Å². The van der Waals surface area contributed by atoms with Crippen LogP contribution in [-0.2, 0) is 14.4 Å². The Morgan fingerprint density at radius 1 is 1.43 bits per heavy atom. The number of carboxylic acids is 1. The Balaban J connectivity index is 2.23. The van der Waals surface area contributed by atoms with Gasteiger partial charge in [-0.15, -0.1) is 0 Å². The van der Waals surface area contributed by atoms with E-state index in [0.717, 1.165) is 6.42 Å². The zero-order valence-electron chi connectivity index (χ0n) is 7.86. The Labute approximate surface area is 81.7 Å². The first kappa shape index (κ1) is 10.7. The Morgan fingerprint density at radius 3 is 2.64 bits per heavy atom. The summed E-state index contributed by atoms with van der Waals surface area (Å²) in [5.74, 6) is -1.37. The summed E-state index contributed by atoms with van der Waals surface area (Å²) in [5.41, 5.74) is 0. The van der Waals surface area contributed by atoms with Crippen molar-refractivity contribution in [3.05, 3.63) is 0 Å². The Bertz CT molecular complexity index is 262. The van der Waals surface area contributed by atoms with Crippen LogP contribution in [-0.4, -0.2) is 40.8 Å². The first-order valence-corrected chi connectivity index (χ1v) is 4.61. The van der Waals surface area contributed by atoms with Gasteiger partial charge in [0.05, 0.1) is 0 Å². The second-order valence-electron chi connectivity index (χ2n) is 3.34. The molecule has 0 aromatic heterocycles. The highest BCUT2D eigenvalue weighted by atomic mass is 16.4. The molecule has 0 aliphatic carbocycles. The highest BCUT2D eigenvalue weighted by Gasteiger charge is 2.20. The summed E-state index contributed by atoms with van der Waals surface area (Å²) in [4.78, 5) is 33.9. The van der Waals surface area contributed by atoms with Gasteiger partial charge in [0.25, 0.3) is 0 Å². The van der Waals surface area contributed by atoms with E-state index in [2.05, 4.69) is 0 Å². The number of likely N-dealkylation sites (tertiary alicyclic amines) is 1. The number of ketones is 1. The maximum Gasteiger partial charge on any atom is 0.310 e. The van der Waals surface area contributed by atoms with Gasteiger partial charge in [0.15, 0.2) is 0 Å². The molecular weight excluding hydrogens is 186 g/mol. The normalized spacial score (nSPS) is 16.0. The van der Waals surface area contributed by atoms with Crippen molar-refractivity contribution in [2.24, 2.45) is 0 Å². The van der Waals surface area contributed by atoms with Gasteiger partial charge in [-0.1, -0.05) is 0 Å². The lowest BCUT2D eigenvalue weighted by molar-refractivity contribution is -0.140. The van der Waals surface area contributed by atoms with E-state index in [1.54, 1.807) is 4.90 Å². The molecule has 1 fully saturated rings. The zero-order valence-corrected chi connectivity index (χ0v) is 7.86. The van der Waals surface area contributed by atoms with E-state index in [4.69, 9.17) is 5.11 Å². The van der Waals surface area contributed by atoms with Crippen molar-refractivity contribution < 1.29 is 19.5 Å². The third-order valence-corrected chi connectivity index (χ3v) is 2.18. The zero-order chi connectivity index (χ0) is 10.6. The second-order valence-corrected chi connectivity index (χ2v) is 3.34. The molecule has 1 N–H and O–H groups in total. The molecule has 0 atom stereocenters. The predicted molar refractivity (Wildman–Crippen MR) is 47.7 cm³/mol. The Hall–Kier alpha value is -1.39. The predicted octanol–water partition coefficient (Wildman–Crippen LogP) is 0.0427. The average molecular weight is 199 g/mol. The fraction of sp³-hybridized carbons (Fsp3) is 0.667. The molecule has 0 saturated carbocycles. The molecule has 14 heavy (non-hydrogen) atoms. The van der Waals surface area contributed by atoms with Crippen molar-refractivity contribution >= 4 is 17.7 Å². The molecular formula is C9H13NO4. The summed E-state index contributed by atoms with van der Waals surface area (Å²) in [6.45, 7) is 1.06. The van der Waals surface area contributed by atoms with Crippen LogP contribution in [0.3, 0.4) is 0 Å². The van der Waals surface area contributed by atoms with E-state index in [0.29, 0.717) is 19.5 Å². The van der Waals surface area contributed by atoms with Gasteiger partial charge in [-0.05, 0) is 6.42 Å². The van der Waals surface area contributed by atoms with Crippen molar-refractivity contribution in [1.82, 2.24) is 4.90 Å². The van der Waals surface area contributed by atoms with Gasteiger partial charge in [0.2, 0.25) is 5.91 Å². The highest BCUT2D eigenvalue weighted by Crippen LogP contribution is 2.09. The van der Waals surface area contributed by atoms with E-state index in [-0.39, 0.29) is 18.1 Å². The van der Waals surface area contributed by atoms with Gasteiger partial charge in [0, 0.05) is 25.9 Å². The summed E-state index contributed by atoms with van der Waals surface area (Å²) in [5, 5.41) is 8.33. The molecule has 1 rings (SSSR count). The molecule has 0 bridgehead atoms. The maximum absolute atomic E-state index is 11.1. The van der Waals surface area contributed by atoms with Crippen molar-refractivity contribution in [2.75, 3.05) is 13.1 Å². The lowest BCUT2D eigenvalue weighted by Gasteiger charge is -2.13. The number of rotatable bonds is 5. The van der Waals surface area contributed by atoms with E-state index < -0.39 is 12.4 Å². The van der Waals surface area contributed by atoms with Crippen LogP contribution in [0.5, 0.6) is 0 Å². The van der Waals surface area contributed by atoms with E-state index >= 15 is 0 Å². The number of Topliss-reactive ketones (excluding diaryl/α,β-unsaturated/α-hetero) is 1. The Morgan fingerprint density at radius 2 is 2.14 bits per heavy atom. The fourth-order valence-corrected chi connectivity index (χ4v) is 1.46. The minimum absolute atomic E-state index is 0.0631. The summed E-state index contributed by atoms with van der Waals surface area (Å²) in [6.07, 6.45) is 1.10. The van der Waals surface area contributed by atoms with Gasteiger partial charge in [0.1, 0.15) is 12.2 Å². The second kappa shape index (κ2) is 4.74. The number of amides is 1. The molecule has 1 aliphatic heterocycles. The van der Waals surface area contributed by atoms with E-state index in [1.165, 1.54) is 0 Å². The summed E-state index contributed by atoms with van der Waals surface area (Å²) in [6, 6.07) is 0. The van der Waals surface area contributed by atoms with Gasteiger partial charge in [-0.2, -0.15) is 0 Å². The number of aliphatic carboxylic acids is 1. The molecule has 0 spiro atoms. The van der Waals surface area contributed by atoms with Crippen molar-refractivity contribution in [2.45, 2.75) is 25.7 Å². The van der Waals surface area contributed by atoms with Gasteiger partial charge in [-0.25, -0.2) is 0 Å². The molecule has 1 saturated heterocycles. The third kappa shape index (κ3) is 3.16. The molecule has 0 aromatic carbocycles. The fourth-order valence-electron chi connectivity index (χ4n) is 1.46. The average Bonchev–Trinajstić information content (AvgIpc) is 2.46. The van der Waals surface area contributed by atoms with Crippen LogP contribution >= 0.6 is 0 Å². The maximum atomic E-state index is 11.1. The Kier molecular flexibility index (Phi) is 3.62. The van der Waals surface area contributed by atoms with Crippen molar-refractivity contribution in [3.63, 3.8) is 0 Å². The standard InChI is InChI=1S/C9H13NO4/c11-7(6-9(13)14)3-5-10-4-1-2-8(10)12/h1-6H2,(H,13,14). The van der Waals surface area contributed by atoms with Gasteiger partial charge >= 0.3 is 5.97 Å². The van der Waals surface area contributed by atoms with Crippen LogP contribution in [0.15, 0.2) is 0 Å². The van der Waals surface area contributed by atoms with E-state index in [1.807, 2.05) is 0 Å². The molecule has 0 aromatic rings. The van der Waals surface area contributed by atoms with Crippen molar-refractivity contribution in [1.29, 1.82) is 0 Å². The van der Waals surface area contributed by atoms with Crippen molar-refractivity contribution in [3.8, 4) is 0 Å². The van der Waals surface area contributed by atoms with E-state index in [9.17, 15) is 14.4 Å². The summed E-state index contributed by atoms with van der Waals surface area (Å²) >= 11 is 0. The van der Waals surface area contributed by atoms with Crippen LogP contribution in [0, 0.1) is 0 Å². The first-order valence-electron chi connectivity index (χ1n) is 4.61. The molecule has 1 aliphatic rings. The molecule has 0 radical (unpaired) electrons. The summed E-state index contributed by atoms with van der Waals surface area (Å²) < 4.78 is 0. The number of nitrogens with zero attached hydrogens (tertiary/aromatic N) is 1. The number of carbonyl (C=O) groups is 3. The van der Waals surface area contributed by atoms with Crippen LogP contribution in [0.2, 0.25) is 0 Å². The highest BCUT2D eigenvalue weighted by molar-refractivity contribution is 5.94. The summed E-state index contributed by atoms with van der Waals surface area (Å²) in [7, 11) is 0. The number of hydrogen-bond acceptors (Lipinski definition) is 3. The van der Waals surface area contributed by atoms with Crippen LogP contribution < -0.4 is 0 Å². The molecule has 5 nitrogen and oxygen atoms in total. The topological polar surface area (TPSA) is 74.7 Å². The number of carboxylic acid groups (broad SMARTS) is 1. The van der Waals surface area contributed by atoms with Crippen LogP contribution in [0.25, 0.3) is 0 Å². The lowest BCUT2D eigenvalue weighted by Crippen LogP contribution is -2.27. The first-order chi connectivity index (χ1) is 6.59. The smallest absolute Gasteiger partial charge is 0.310 e. The third-order valence-electron chi connectivity index (χ3n) is 2.18. The van der Waals surface area contributed by atoms with Gasteiger partial charge in [-0.3, -0.25) is 14.4 Å². The molecule has 5 heteroatoms. The molecule has 78 valence electrons. The lowest BCUT2D eigenvalue weighted by atomic mass is 10.2. The number of carbonyl (C=O) groups excluding carboxylic acids is 2. The number of hydrogen-bond donors (Lipinski definition) is 1. The monoisotopic (exact) mass is 199 g/mol. The SMILES string of the molecule is O=C(O)CC(=O)CCN1CCCC1=O. The molecule has 1 heterocycles.